The van der Waals surface area contributed by atoms with Crippen molar-refractivity contribution in [2.45, 2.75) is 6.42 Å². The molecule has 0 aromatic heterocycles. The van der Waals surface area contributed by atoms with E-state index >= 15 is 0 Å². The van der Waals surface area contributed by atoms with Crippen LogP contribution in [0, 0.1) is 16.0 Å². The van der Waals surface area contributed by atoms with Crippen LogP contribution in [-0.4, -0.2) is 36.3 Å². The molecule has 3 aromatic rings. The molecule has 10 heteroatoms. The minimum atomic E-state index is -0.608. The fourth-order valence-corrected chi connectivity index (χ4v) is 3.78. The highest BCUT2D eigenvalue weighted by Gasteiger charge is 2.35. The molecule has 0 saturated carbocycles. The summed E-state index contributed by atoms with van der Waals surface area (Å²) in [5.74, 6) is -1.15. The van der Waals surface area contributed by atoms with Crippen molar-refractivity contribution >= 4 is 40.5 Å². The van der Waals surface area contributed by atoms with Crippen LogP contribution in [0.4, 0.5) is 22.7 Å². The van der Waals surface area contributed by atoms with Crippen molar-refractivity contribution in [1.82, 2.24) is 0 Å². The van der Waals surface area contributed by atoms with Crippen LogP contribution in [0.5, 0.6) is 5.75 Å². The van der Waals surface area contributed by atoms with E-state index in [0.29, 0.717) is 11.4 Å². The zero-order valence-electron chi connectivity index (χ0n) is 18.8. The number of nitro groups is 1. The van der Waals surface area contributed by atoms with Gasteiger partial charge in [-0.15, -0.1) is 0 Å². The highest BCUT2D eigenvalue weighted by atomic mass is 16.6. The number of hydrogen-bond donors (Lipinski definition) is 2. The molecule has 0 radical (unpaired) electrons. The normalized spacial score (nSPS) is 14.9. The number of carbonyl (C=O) groups excluding carboxylic acids is 3. The lowest BCUT2D eigenvalue weighted by Crippen LogP contribution is -2.28. The minimum Gasteiger partial charge on any atom is -0.496 e. The molecule has 35 heavy (non-hydrogen) atoms. The number of para-hydroxylation sites is 1. The summed E-state index contributed by atoms with van der Waals surface area (Å²) in [6, 6.07) is 19.4. The Labute approximate surface area is 200 Å². The molecule has 1 aliphatic rings. The Balaban J connectivity index is 1.39. The SMILES string of the molecule is COc1ccc(NC(=O)c2ccc(NC(=O)C3CC(=O)N(c4ccccc4)C3)cc2)c([N+](=O)[O-])c1. The van der Waals surface area contributed by atoms with Crippen LogP contribution < -0.4 is 20.3 Å². The monoisotopic (exact) mass is 474 g/mol. The number of rotatable bonds is 7. The van der Waals surface area contributed by atoms with Crippen LogP contribution in [0.2, 0.25) is 0 Å². The number of ether oxygens (including phenoxy) is 1. The predicted octanol–water partition coefficient (Wildman–Crippen LogP) is 3.85. The lowest BCUT2D eigenvalue weighted by molar-refractivity contribution is -0.384. The van der Waals surface area contributed by atoms with Gasteiger partial charge in [0.05, 0.1) is 24.0 Å². The molecule has 0 spiro atoms. The van der Waals surface area contributed by atoms with E-state index in [9.17, 15) is 24.5 Å². The van der Waals surface area contributed by atoms with E-state index in [4.69, 9.17) is 4.74 Å². The molecule has 10 nitrogen and oxygen atoms in total. The smallest absolute Gasteiger partial charge is 0.296 e. The molecule has 1 unspecified atom stereocenters. The fourth-order valence-electron chi connectivity index (χ4n) is 3.78. The molecule has 1 aliphatic heterocycles. The average molecular weight is 474 g/mol. The van der Waals surface area contributed by atoms with Gasteiger partial charge < -0.3 is 20.3 Å². The number of anilines is 3. The molecule has 1 fully saturated rings. The van der Waals surface area contributed by atoms with Crippen LogP contribution in [0.1, 0.15) is 16.8 Å². The minimum absolute atomic E-state index is 0.0343. The molecule has 2 N–H and O–H groups in total. The summed E-state index contributed by atoms with van der Waals surface area (Å²) in [4.78, 5) is 50.0. The van der Waals surface area contributed by atoms with Gasteiger partial charge in [0, 0.05) is 29.9 Å². The molecular weight excluding hydrogens is 452 g/mol. The van der Waals surface area contributed by atoms with E-state index in [-0.39, 0.29) is 41.7 Å². The average Bonchev–Trinajstić information content (AvgIpc) is 3.26. The standard InChI is InChI=1S/C25H22N4O6/c1-35-20-11-12-21(22(14-20)29(33)34)27-24(31)16-7-9-18(10-8-16)26-25(32)17-13-23(30)28(15-17)19-5-3-2-4-6-19/h2-12,14,17H,13,15H2,1H3,(H,26,32)(H,27,31). The third-order valence-corrected chi connectivity index (χ3v) is 5.63. The molecule has 4 rings (SSSR count). The lowest BCUT2D eigenvalue weighted by Gasteiger charge is -2.16. The quantitative estimate of drug-likeness (QED) is 0.395. The largest absolute Gasteiger partial charge is 0.496 e. The second-order valence-electron chi connectivity index (χ2n) is 7.90. The zero-order chi connectivity index (χ0) is 24.9. The second-order valence-corrected chi connectivity index (χ2v) is 7.90. The first-order valence-corrected chi connectivity index (χ1v) is 10.8. The van der Waals surface area contributed by atoms with Crippen molar-refractivity contribution in [3.8, 4) is 5.75 Å². The summed E-state index contributed by atoms with van der Waals surface area (Å²) in [6.07, 6.45) is 0.113. The van der Waals surface area contributed by atoms with Crippen molar-refractivity contribution in [2.24, 2.45) is 5.92 Å². The van der Waals surface area contributed by atoms with Gasteiger partial charge in [-0.05, 0) is 48.5 Å². The molecule has 1 saturated heterocycles. The van der Waals surface area contributed by atoms with E-state index in [1.54, 1.807) is 17.0 Å². The Morgan fingerprint density at radius 3 is 2.40 bits per heavy atom. The maximum atomic E-state index is 12.7. The fraction of sp³-hybridized carbons (Fsp3) is 0.160. The Hall–Kier alpha value is -4.73. The number of benzene rings is 3. The number of nitrogens with zero attached hydrogens (tertiary/aromatic N) is 2. The van der Waals surface area contributed by atoms with E-state index in [2.05, 4.69) is 10.6 Å². The Bertz CT molecular complexity index is 1280. The van der Waals surface area contributed by atoms with Gasteiger partial charge in [0.1, 0.15) is 11.4 Å². The molecule has 1 heterocycles. The van der Waals surface area contributed by atoms with Crippen LogP contribution >= 0.6 is 0 Å². The maximum Gasteiger partial charge on any atom is 0.296 e. The number of hydrogen-bond acceptors (Lipinski definition) is 6. The van der Waals surface area contributed by atoms with Crippen LogP contribution in [0.3, 0.4) is 0 Å². The predicted molar refractivity (Wildman–Crippen MR) is 130 cm³/mol. The van der Waals surface area contributed by atoms with E-state index < -0.39 is 16.7 Å². The van der Waals surface area contributed by atoms with Gasteiger partial charge >= 0.3 is 0 Å². The van der Waals surface area contributed by atoms with E-state index in [1.165, 1.54) is 37.4 Å². The van der Waals surface area contributed by atoms with Gasteiger partial charge in [-0.1, -0.05) is 18.2 Å². The van der Waals surface area contributed by atoms with Crippen LogP contribution in [0.25, 0.3) is 0 Å². The van der Waals surface area contributed by atoms with Gasteiger partial charge in [0.15, 0.2) is 0 Å². The highest BCUT2D eigenvalue weighted by Crippen LogP contribution is 2.30. The summed E-state index contributed by atoms with van der Waals surface area (Å²) in [6.45, 7) is 0.288. The number of nitrogens with one attached hydrogen (secondary N) is 2. The first-order valence-electron chi connectivity index (χ1n) is 10.8. The summed E-state index contributed by atoms with van der Waals surface area (Å²) in [5, 5.41) is 16.6. The van der Waals surface area contributed by atoms with Crippen LogP contribution in [0.15, 0.2) is 72.8 Å². The molecule has 178 valence electrons. The molecule has 3 amide bonds. The Kier molecular flexibility index (Phi) is 6.72. The van der Waals surface area contributed by atoms with Gasteiger partial charge in [-0.25, -0.2) is 0 Å². The summed E-state index contributed by atoms with van der Waals surface area (Å²) in [5.41, 5.74) is 1.21. The molecule has 0 bridgehead atoms. The summed E-state index contributed by atoms with van der Waals surface area (Å²) in [7, 11) is 1.39. The second kappa shape index (κ2) is 10.0. The Morgan fingerprint density at radius 2 is 1.74 bits per heavy atom. The molecule has 0 aliphatic carbocycles. The van der Waals surface area contributed by atoms with Crippen molar-refractivity contribution in [1.29, 1.82) is 0 Å². The van der Waals surface area contributed by atoms with Crippen molar-refractivity contribution in [2.75, 3.05) is 29.2 Å². The number of amides is 3. The van der Waals surface area contributed by atoms with Crippen molar-refractivity contribution in [3.05, 3.63) is 88.5 Å². The highest BCUT2D eigenvalue weighted by molar-refractivity contribution is 6.06. The number of methoxy groups -OCH3 is 1. The van der Waals surface area contributed by atoms with E-state index in [1.807, 2.05) is 30.3 Å². The van der Waals surface area contributed by atoms with Gasteiger partial charge in [-0.2, -0.15) is 0 Å². The topological polar surface area (TPSA) is 131 Å². The van der Waals surface area contributed by atoms with Crippen molar-refractivity contribution < 1.29 is 24.0 Å². The molecule has 3 aromatic carbocycles. The summed E-state index contributed by atoms with van der Waals surface area (Å²) >= 11 is 0. The first-order chi connectivity index (χ1) is 16.9. The van der Waals surface area contributed by atoms with Gasteiger partial charge in [0.25, 0.3) is 11.6 Å². The number of nitro benzene ring substituents is 1. The Morgan fingerprint density at radius 1 is 1.03 bits per heavy atom. The van der Waals surface area contributed by atoms with E-state index in [0.717, 1.165) is 5.69 Å². The number of carbonyl (C=O) groups is 3. The third kappa shape index (κ3) is 5.27. The van der Waals surface area contributed by atoms with Crippen molar-refractivity contribution in [3.63, 3.8) is 0 Å². The maximum absolute atomic E-state index is 12.7. The third-order valence-electron chi connectivity index (χ3n) is 5.63. The lowest BCUT2D eigenvalue weighted by atomic mass is 10.1. The molecular formula is C25H22N4O6. The zero-order valence-corrected chi connectivity index (χ0v) is 18.8. The molecule has 1 atom stereocenters. The van der Waals surface area contributed by atoms with Gasteiger partial charge in [0.2, 0.25) is 11.8 Å². The summed E-state index contributed by atoms with van der Waals surface area (Å²) < 4.78 is 4.99. The van der Waals surface area contributed by atoms with Gasteiger partial charge in [-0.3, -0.25) is 24.5 Å². The first kappa shape index (κ1) is 23.4. The van der Waals surface area contributed by atoms with Crippen LogP contribution in [-0.2, 0) is 9.59 Å².